The van der Waals surface area contributed by atoms with Crippen molar-refractivity contribution in [1.82, 2.24) is 9.38 Å². The van der Waals surface area contributed by atoms with Gasteiger partial charge in [0.2, 0.25) is 5.91 Å². The van der Waals surface area contributed by atoms with Crippen LogP contribution in [-0.2, 0) is 20.9 Å². The number of thioether (sulfide) groups is 1. The zero-order chi connectivity index (χ0) is 20.4. The number of aromatic nitrogens is 2. The molecular weight excluding hydrogens is 390 g/mol. The van der Waals surface area contributed by atoms with Crippen molar-refractivity contribution in [1.29, 1.82) is 0 Å². The van der Waals surface area contributed by atoms with E-state index in [1.165, 1.54) is 22.2 Å². The average molecular weight is 409 g/mol. The van der Waals surface area contributed by atoms with E-state index in [1.54, 1.807) is 17.2 Å². The molecule has 1 aliphatic rings. The molecule has 0 N–H and O–H groups in total. The number of carbonyl (C=O) groups is 2. The van der Waals surface area contributed by atoms with E-state index < -0.39 is 5.97 Å². The Balaban J connectivity index is 1.39. The van der Waals surface area contributed by atoms with Crippen molar-refractivity contribution in [2.75, 3.05) is 17.2 Å². The molecule has 8 heteroatoms. The van der Waals surface area contributed by atoms with Crippen LogP contribution in [0.5, 0.6) is 0 Å². The molecule has 0 fully saturated rings. The van der Waals surface area contributed by atoms with Crippen molar-refractivity contribution in [3.8, 4) is 0 Å². The van der Waals surface area contributed by atoms with Crippen LogP contribution in [0, 0.1) is 6.92 Å². The lowest BCUT2D eigenvalue weighted by molar-refractivity contribution is -0.144. The molecule has 3 aromatic rings. The molecule has 0 aliphatic carbocycles. The maximum atomic E-state index is 12.2. The van der Waals surface area contributed by atoms with Gasteiger partial charge in [0.15, 0.2) is 0 Å². The predicted molar refractivity (Wildman–Crippen MR) is 110 cm³/mol. The summed E-state index contributed by atoms with van der Waals surface area (Å²) >= 11 is 1.50. The molecule has 1 aliphatic heterocycles. The van der Waals surface area contributed by atoms with Gasteiger partial charge in [-0.05, 0) is 30.7 Å². The van der Waals surface area contributed by atoms with Gasteiger partial charge in [-0.3, -0.25) is 18.8 Å². The molecule has 0 saturated heterocycles. The highest BCUT2D eigenvalue weighted by atomic mass is 32.2. The summed E-state index contributed by atoms with van der Waals surface area (Å²) in [5.74, 6) is -0.114. The number of para-hydroxylation sites is 1. The Morgan fingerprint density at radius 1 is 1.21 bits per heavy atom. The summed E-state index contributed by atoms with van der Waals surface area (Å²) in [5.41, 5.74) is 2.44. The first-order valence-electron chi connectivity index (χ1n) is 9.18. The zero-order valence-corrected chi connectivity index (χ0v) is 16.6. The van der Waals surface area contributed by atoms with Gasteiger partial charge in [0.1, 0.15) is 12.3 Å². The Hall–Kier alpha value is -3.13. The van der Waals surface area contributed by atoms with E-state index >= 15 is 0 Å². The lowest BCUT2D eigenvalue weighted by Gasteiger charge is -2.28. The van der Waals surface area contributed by atoms with Crippen LogP contribution < -0.4 is 10.5 Å². The molecule has 0 saturated carbocycles. The number of carbonyl (C=O) groups excluding carboxylic acids is 2. The van der Waals surface area contributed by atoms with Crippen LogP contribution in [0.3, 0.4) is 0 Å². The quantitative estimate of drug-likeness (QED) is 0.603. The van der Waals surface area contributed by atoms with Gasteiger partial charge in [0, 0.05) is 23.7 Å². The van der Waals surface area contributed by atoms with E-state index in [0.717, 1.165) is 16.1 Å². The molecule has 4 rings (SSSR count). The van der Waals surface area contributed by atoms with E-state index in [4.69, 9.17) is 4.74 Å². The second-order valence-corrected chi connectivity index (χ2v) is 7.75. The first-order chi connectivity index (χ1) is 14.0. The summed E-state index contributed by atoms with van der Waals surface area (Å²) < 4.78 is 6.73. The normalized spacial score (nSPS) is 13.4. The number of esters is 1. The highest BCUT2D eigenvalue weighted by Gasteiger charge is 2.24. The Morgan fingerprint density at radius 2 is 2.03 bits per heavy atom. The smallest absolute Gasteiger partial charge is 0.307 e. The van der Waals surface area contributed by atoms with Gasteiger partial charge in [-0.2, -0.15) is 0 Å². The highest BCUT2D eigenvalue weighted by Crippen LogP contribution is 2.34. The van der Waals surface area contributed by atoms with Crippen LogP contribution >= 0.6 is 11.8 Å². The van der Waals surface area contributed by atoms with E-state index in [2.05, 4.69) is 4.98 Å². The minimum atomic E-state index is -0.445. The molecular formula is C21H19N3O4S. The number of anilines is 1. The minimum absolute atomic E-state index is 0.0268. The third-order valence-electron chi connectivity index (χ3n) is 4.59. The van der Waals surface area contributed by atoms with Crippen molar-refractivity contribution in [2.24, 2.45) is 0 Å². The molecule has 1 aromatic carbocycles. The molecule has 29 heavy (non-hydrogen) atoms. The van der Waals surface area contributed by atoms with Crippen LogP contribution in [0.1, 0.15) is 17.7 Å². The van der Waals surface area contributed by atoms with Gasteiger partial charge in [-0.25, -0.2) is 4.98 Å². The fourth-order valence-electron chi connectivity index (χ4n) is 3.16. The van der Waals surface area contributed by atoms with Crippen molar-refractivity contribution in [2.45, 2.75) is 24.8 Å². The second-order valence-electron chi connectivity index (χ2n) is 6.73. The monoisotopic (exact) mass is 409 g/mol. The number of aryl methyl sites for hydroxylation is 1. The number of benzene rings is 1. The fraction of sp³-hybridized carbons (Fsp3) is 0.238. The Bertz CT molecular complexity index is 1160. The first kappa shape index (κ1) is 19.2. The molecule has 7 nitrogen and oxygen atoms in total. The number of rotatable bonds is 5. The predicted octanol–water partition coefficient (Wildman–Crippen LogP) is 2.58. The molecule has 1 amide bonds. The van der Waals surface area contributed by atoms with E-state index in [1.807, 2.05) is 37.3 Å². The van der Waals surface area contributed by atoms with Gasteiger partial charge < -0.3 is 9.64 Å². The topological polar surface area (TPSA) is 81.0 Å². The first-order valence-corrected chi connectivity index (χ1v) is 10.2. The molecule has 2 aromatic heterocycles. The third-order valence-corrected chi connectivity index (χ3v) is 5.64. The highest BCUT2D eigenvalue weighted by molar-refractivity contribution is 8.00. The number of hydrogen-bond donors (Lipinski definition) is 0. The summed E-state index contributed by atoms with van der Waals surface area (Å²) in [5, 5.41) is 0. The second kappa shape index (κ2) is 8.08. The number of amides is 1. The summed E-state index contributed by atoms with van der Waals surface area (Å²) in [6.45, 7) is 2.06. The van der Waals surface area contributed by atoms with E-state index in [-0.39, 0.29) is 31.0 Å². The number of ether oxygens (including phenoxy) is 1. The maximum absolute atomic E-state index is 12.2. The molecule has 148 valence electrons. The molecule has 0 spiro atoms. The van der Waals surface area contributed by atoms with Crippen molar-refractivity contribution in [3.05, 3.63) is 70.3 Å². The standard InChI is InChI=1S/C21H19N3O4S/c1-14-6-7-18-22-15(10-19(25)24(18)11-14)12-28-21(27)8-9-23-16-4-2-3-5-17(16)29-13-20(23)26/h2-7,10-11H,8-9,12-13H2,1H3. The van der Waals surface area contributed by atoms with Crippen LogP contribution in [0.4, 0.5) is 5.69 Å². The lowest BCUT2D eigenvalue weighted by Crippen LogP contribution is -2.37. The van der Waals surface area contributed by atoms with Gasteiger partial charge >= 0.3 is 5.97 Å². The number of pyridine rings is 1. The third kappa shape index (κ3) is 4.17. The molecule has 0 atom stereocenters. The largest absolute Gasteiger partial charge is 0.459 e. The molecule has 0 unspecified atom stereocenters. The Kier molecular flexibility index (Phi) is 5.35. The average Bonchev–Trinajstić information content (AvgIpc) is 2.72. The maximum Gasteiger partial charge on any atom is 0.307 e. The van der Waals surface area contributed by atoms with Crippen LogP contribution in [0.2, 0.25) is 0 Å². The number of fused-ring (bicyclic) bond motifs is 2. The van der Waals surface area contributed by atoms with Crippen LogP contribution in [-0.4, -0.2) is 33.6 Å². The van der Waals surface area contributed by atoms with Gasteiger partial charge in [-0.1, -0.05) is 18.2 Å². The fourth-order valence-corrected chi connectivity index (χ4v) is 4.10. The van der Waals surface area contributed by atoms with Crippen LogP contribution in [0.25, 0.3) is 5.65 Å². The van der Waals surface area contributed by atoms with E-state index in [9.17, 15) is 14.4 Å². The summed E-state index contributed by atoms with van der Waals surface area (Å²) in [7, 11) is 0. The summed E-state index contributed by atoms with van der Waals surface area (Å²) in [4.78, 5) is 43.7. The molecule has 0 radical (unpaired) electrons. The summed E-state index contributed by atoms with van der Waals surface area (Å²) in [6.07, 6.45) is 1.78. The van der Waals surface area contributed by atoms with Crippen molar-refractivity contribution in [3.63, 3.8) is 0 Å². The van der Waals surface area contributed by atoms with Gasteiger partial charge in [0.25, 0.3) is 5.56 Å². The Labute approximate surface area is 171 Å². The van der Waals surface area contributed by atoms with Gasteiger partial charge in [0.05, 0.1) is 23.6 Å². The molecule has 3 heterocycles. The lowest BCUT2D eigenvalue weighted by atomic mass is 10.2. The number of nitrogens with zero attached hydrogens (tertiary/aromatic N) is 3. The van der Waals surface area contributed by atoms with Gasteiger partial charge in [-0.15, -0.1) is 11.8 Å². The molecule has 0 bridgehead atoms. The van der Waals surface area contributed by atoms with Crippen molar-refractivity contribution < 1.29 is 14.3 Å². The Morgan fingerprint density at radius 3 is 2.90 bits per heavy atom. The van der Waals surface area contributed by atoms with Crippen LogP contribution in [0.15, 0.2) is 58.4 Å². The summed E-state index contributed by atoms with van der Waals surface area (Å²) in [6, 6.07) is 12.6. The SMILES string of the molecule is Cc1ccc2nc(COC(=O)CCN3C(=O)CSc4ccccc43)cc(=O)n2c1. The zero-order valence-electron chi connectivity index (χ0n) is 15.8. The van der Waals surface area contributed by atoms with Crippen molar-refractivity contribution >= 4 is 35.0 Å². The minimum Gasteiger partial charge on any atom is -0.459 e. The van der Waals surface area contributed by atoms with E-state index in [0.29, 0.717) is 17.1 Å². The number of hydrogen-bond acceptors (Lipinski definition) is 6.